The van der Waals surface area contributed by atoms with Crippen LogP contribution in [0.15, 0.2) is 67.3 Å². The molecule has 29 heavy (non-hydrogen) atoms. The number of imidazole rings is 1. The van der Waals surface area contributed by atoms with E-state index in [4.69, 9.17) is 9.47 Å². The van der Waals surface area contributed by atoms with Gasteiger partial charge in [-0.2, -0.15) is 5.10 Å². The predicted molar refractivity (Wildman–Crippen MR) is 107 cm³/mol. The van der Waals surface area contributed by atoms with E-state index in [1.165, 1.54) is 0 Å². The van der Waals surface area contributed by atoms with Crippen LogP contribution in [0.2, 0.25) is 0 Å². The fourth-order valence-corrected chi connectivity index (χ4v) is 3.38. The number of aromatic nitrogens is 4. The summed E-state index contributed by atoms with van der Waals surface area (Å²) in [4.78, 5) is 16.7. The number of hydrogen-bond donors (Lipinski definition) is 1. The smallest absolute Gasteiger partial charge is 0.244 e. The Morgan fingerprint density at radius 3 is 2.90 bits per heavy atom. The number of carbonyl (C=O) groups is 1. The van der Waals surface area contributed by atoms with Crippen LogP contribution in [0.4, 0.5) is 5.69 Å². The van der Waals surface area contributed by atoms with E-state index in [2.05, 4.69) is 15.4 Å². The molecule has 1 amide bonds. The molecule has 0 saturated heterocycles. The van der Waals surface area contributed by atoms with E-state index in [0.717, 1.165) is 22.5 Å². The molecule has 2 aromatic heterocycles. The Bertz CT molecular complexity index is 1170. The second-order valence-corrected chi connectivity index (χ2v) is 6.86. The first-order chi connectivity index (χ1) is 14.2. The maximum absolute atomic E-state index is 12.4. The van der Waals surface area contributed by atoms with Gasteiger partial charge in [-0.15, -0.1) is 0 Å². The number of benzene rings is 2. The lowest BCUT2D eigenvalue weighted by Crippen LogP contribution is -2.33. The van der Waals surface area contributed by atoms with Gasteiger partial charge in [0.25, 0.3) is 0 Å². The van der Waals surface area contributed by atoms with Crippen molar-refractivity contribution in [2.24, 2.45) is 0 Å². The summed E-state index contributed by atoms with van der Waals surface area (Å²) in [5.74, 6) is 1.35. The van der Waals surface area contributed by atoms with Crippen LogP contribution in [0.1, 0.15) is 0 Å². The number of ether oxygens (including phenoxy) is 2. The second-order valence-electron chi connectivity index (χ2n) is 6.86. The van der Waals surface area contributed by atoms with Crippen LogP contribution >= 0.6 is 0 Å². The minimum Gasteiger partial charge on any atom is -0.486 e. The van der Waals surface area contributed by atoms with Crippen molar-refractivity contribution >= 4 is 22.6 Å². The van der Waals surface area contributed by atoms with Crippen LogP contribution in [-0.2, 0) is 17.9 Å². The maximum atomic E-state index is 12.4. The summed E-state index contributed by atoms with van der Waals surface area (Å²) in [6.45, 7) is 1.16. The molecular formula is C21H19N5O3. The van der Waals surface area contributed by atoms with Gasteiger partial charge < -0.3 is 19.4 Å². The molecule has 5 rings (SSSR count). The van der Waals surface area contributed by atoms with E-state index in [1.807, 2.05) is 53.1 Å². The Morgan fingerprint density at radius 2 is 1.97 bits per heavy atom. The highest BCUT2D eigenvalue weighted by Crippen LogP contribution is 2.31. The first-order valence-corrected chi connectivity index (χ1v) is 9.35. The molecule has 0 fully saturated rings. The van der Waals surface area contributed by atoms with Crippen molar-refractivity contribution in [2.75, 3.05) is 11.9 Å². The van der Waals surface area contributed by atoms with Gasteiger partial charge >= 0.3 is 0 Å². The molecule has 1 N–H and O–H groups in total. The molecule has 146 valence electrons. The van der Waals surface area contributed by atoms with Crippen molar-refractivity contribution in [3.05, 3.63) is 67.3 Å². The van der Waals surface area contributed by atoms with Crippen molar-refractivity contribution in [3.8, 4) is 11.5 Å². The minimum absolute atomic E-state index is 0.140. The summed E-state index contributed by atoms with van der Waals surface area (Å²) >= 11 is 0. The SMILES string of the molecule is O=C(Cn1cnc2ccccc21)Nc1cnn(C[C@H]2COc3ccccc3O2)c1. The lowest BCUT2D eigenvalue weighted by molar-refractivity contribution is -0.116. The van der Waals surface area contributed by atoms with Gasteiger partial charge in [0.15, 0.2) is 17.6 Å². The average molecular weight is 389 g/mol. The minimum atomic E-state index is -0.148. The molecule has 2 aromatic carbocycles. The van der Waals surface area contributed by atoms with Gasteiger partial charge in [0.1, 0.15) is 13.2 Å². The third kappa shape index (κ3) is 3.64. The highest BCUT2D eigenvalue weighted by Gasteiger charge is 2.21. The summed E-state index contributed by atoms with van der Waals surface area (Å²) in [6.07, 6.45) is 4.94. The van der Waals surface area contributed by atoms with Crippen LogP contribution in [0.25, 0.3) is 11.0 Å². The number of carbonyl (C=O) groups excluding carboxylic acids is 1. The third-order valence-electron chi connectivity index (χ3n) is 4.72. The lowest BCUT2D eigenvalue weighted by atomic mass is 10.2. The molecule has 0 bridgehead atoms. The molecule has 8 heteroatoms. The van der Waals surface area contributed by atoms with Gasteiger partial charge in [-0.1, -0.05) is 24.3 Å². The predicted octanol–water partition coefficient (Wildman–Crippen LogP) is 2.71. The Labute approximate surface area is 166 Å². The second kappa shape index (κ2) is 7.31. The Morgan fingerprint density at radius 1 is 1.14 bits per heavy atom. The van der Waals surface area contributed by atoms with Gasteiger partial charge in [0.2, 0.25) is 5.91 Å². The first kappa shape index (κ1) is 17.3. The molecule has 0 saturated carbocycles. The lowest BCUT2D eigenvalue weighted by Gasteiger charge is -2.26. The van der Waals surface area contributed by atoms with E-state index >= 15 is 0 Å². The van der Waals surface area contributed by atoms with Crippen LogP contribution in [-0.4, -0.2) is 37.9 Å². The Kier molecular flexibility index (Phi) is 4.36. The maximum Gasteiger partial charge on any atom is 0.244 e. The number of anilines is 1. The van der Waals surface area contributed by atoms with E-state index < -0.39 is 0 Å². The molecule has 1 atom stereocenters. The average Bonchev–Trinajstić information content (AvgIpc) is 3.35. The van der Waals surface area contributed by atoms with Crippen LogP contribution in [0.5, 0.6) is 11.5 Å². The summed E-state index contributed by atoms with van der Waals surface area (Å²) in [6, 6.07) is 15.3. The van der Waals surface area contributed by atoms with Crippen molar-refractivity contribution in [1.82, 2.24) is 19.3 Å². The zero-order valence-electron chi connectivity index (χ0n) is 15.6. The zero-order valence-corrected chi connectivity index (χ0v) is 15.6. The molecule has 1 aliphatic heterocycles. The van der Waals surface area contributed by atoms with Crippen molar-refractivity contribution in [3.63, 3.8) is 0 Å². The molecule has 0 spiro atoms. The van der Waals surface area contributed by atoms with Crippen molar-refractivity contribution in [1.29, 1.82) is 0 Å². The molecule has 0 aliphatic carbocycles. The fraction of sp³-hybridized carbons (Fsp3) is 0.190. The number of para-hydroxylation sites is 4. The summed E-state index contributed by atoms with van der Waals surface area (Å²) < 4.78 is 15.2. The van der Waals surface area contributed by atoms with E-state index in [1.54, 1.807) is 23.4 Å². The topological polar surface area (TPSA) is 83.2 Å². The number of nitrogens with zero attached hydrogens (tertiary/aromatic N) is 4. The molecular weight excluding hydrogens is 370 g/mol. The van der Waals surface area contributed by atoms with Gasteiger partial charge in [0, 0.05) is 6.20 Å². The van der Waals surface area contributed by atoms with Gasteiger partial charge in [-0.3, -0.25) is 9.48 Å². The third-order valence-corrected chi connectivity index (χ3v) is 4.72. The van der Waals surface area contributed by atoms with Crippen molar-refractivity contribution in [2.45, 2.75) is 19.2 Å². The Hall–Kier alpha value is -3.81. The van der Waals surface area contributed by atoms with Crippen LogP contribution < -0.4 is 14.8 Å². The molecule has 8 nitrogen and oxygen atoms in total. The summed E-state index contributed by atoms with van der Waals surface area (Å²) in [5.41, 5.74) is 2.43. The van der Waals surface area contributed by atoms with E-state index in [0.29, 0.717) is 18.8 Å². The van der Waals surface area contributed by atoms with E-state index in [-0.39, 0.29) is 18.6 Å². The number of hydrogen-bond acceptors (Lipinski definition) is 5. The molecule has 0 radical (unpaired) electrons. The summed E-state index contributed by atoms with van der Waals surface area (Å²) in [7, 11) is 0. The molecule has 1 aliphatic rings. The van der Waals surface area contributed by atoms with E-state index in [9.17, 15) is 4.79 Å². The quantitative estimate of drug-likeness (QED) is 0.567. The van der Waals surface area contributed by atoms with Crippen molar-refractivity contribution < 1.29 is 14.3 Å². The molecule has 3 heterocycles. The standard InChI is InChI=1S/C21H19N5O3/c27-21(12-25-14-22-17-5-1-2-6-18(17)25)24-15-9-23-26(10-15)11-16-13-28-19-7-3-4-8-20(19)29-16/h1-10,14,16H,11-13H2,(H,24,27)/t16-/m0/s1. The first-order valence-electron chi connectivity index (χ1n) is 9.35. The van der Waals surface area contributed by atoms with Gasteiger partial charge in [-0.05, 0) is 24.3 Å². The highest BCUT2D eigenvalue weighted by atomic mass is 16.6. The monoisotopic (exact) mass is 389 g/mol. The van der Waals surface area contributed by atoms with Crippen LogP contribution in [0.3, 0.4) is 0 Å². The van der Waals surface area contributed by atoms with Crippen LogP contribution in [0, 0.1) is 0 Å². The zero-order chi connectivity index (χ0) is 19.6. The van der Waals surface area contributed by atoms with Gasteiger partial charge in [0.05, 0.1) is 35.8 Å². The number of fused-ring (bicyclic) bond motifs is 2. The number of nitrogens with one attached hydrogen (secondary N) is 1. The summed E-state index contributed by atoms with van der Waals surface area (Å²) in [5, 5.41) is 7.19. The molecule has 0 unspecified atom stereocenters. The van der Waals surface area contributed by atoms with Gasteiger partial charge in [-0.25, -0.2) is 4.98 Å². The Balaban J connectivity index is 1.20. The number of rotatable bonds is 5. The fourth-order valence-electron chi connectivity index (χ4n) is 3.38. The molecule has 4 aromatic rings. The number of amides is 1. The highest BCUT2D eigenvalue weighted by molar-refractivity contribution is 5.91. The largest absolute Gasteiger partial charge is 0.486 e. The normalized spacial score (nSPS) is 15.4.